The van der Waals surface area contributed by atoms with E-state index in [4.69, 9.17) is 4.74 Å². The lowest BCUT2D eigenvalue weighted by molar-refractivity contribution is -0.139. The Hall–Kier alpha value is -2.47. The minimum Gasteiger partial charge on any atom is -0.367 e. The molecule has 3 aliphatic rings. The Balaban J connectivity index is 1.40. The topological polar surface area (TPSA) is 32.8 Å². The first-order valence-electron chi connectivity index (χ1n) is 10.2. The van der Waals surface area contributed by atoms with Crippen LogP contribution >= 0.6 is 0 Å². The molecule has 0 bridgehead atoms. The summed E-state index contributed by atoms with van der Waals surface area (Å²) in [6.45, 7) is 3.13. The van der Waals surface area contributed by atoms with Crippen molar-refractivity contribution in [1.29, 1.82) is 0 Å². The molecule has 0 N–H and O–H groups in total. The minimum absolute atomic E-state index is 0.0971. The molecular formula is C23H24F2N2O2. The van der Waals surface area contributed by atoms with Crippen LogP contribution in [-0.2, 0) is 21.5 Å². The average Bonchev–Trinajstić information content (AvgIpc) is 3.45. The van der Waals surface area contributed by atoms with Crippen LogP contribution in [0.4, 0.5) is 14.5 Å². The van der Waals surface area contributed by atoms with E-state index < -0.39 is 17.7 Å². The van der Waals surface area contributed by atoms with Crippen LogP contribution < -0.4 is 4.90 Å². The predicted octanol–water partition coefficient (Wildman–Crippen LogP) is 3.63. The van der Waals surface area contributed by atoms with Gasteiger partial charge in [-0.3, -0.25) is 4.79 Å². The number of hydrogen-bond acceptors (Lipinski definition) is 3. The van der Waals surface area contributed by atoms with Crippen LogP contribution in [0.25, 0.3) is 0 Å². The number of ether oxygens (including phenoxy) is 1. The molecule has 3 heterocycles. The van der Waals surface area contributed by atoms with Gasteiger partial charge in [-0.15, -0.1) is 0 Å². The largest absolute Gasteiger partial charge is 0.367 e. The van der Waals surface area contributed by atoms with E-state index in [9.17, 15) is 13.6 Å². The molecule has 0 aromatic heterocycles. The molecule has 0 aliphatic carbocycles. The summed E-state index contributed by atoms with van der Waals surface area (Å²) in [6.07, 6.45) is 2.35. The number of hydrogen-bond donors (Lipinski definition) is 0. The normalized spacial score (nSPS) is 25.8. The number of nitrogens with zero attached hydrogens (tertiary/aromatic N) is 2. The third kappa shape index (κ3) is 3.19. The van der Waals surface area contributed by atoms with Crippen molar-refractivity contribution < 1.29 is 18.3 Å². The summed E-state index contributed by atoms with van der Waals surface area (Å²) in [6, 6.07) is 11.8. The van der Waals surface area contributed by atoms with Gasteiger partial charge in [0.2, 0.25) is 0 Å². The smallest absolute Gasteiger partial charge is 0.251 e. The van der Waals surface area contributed by atoms with Crippen molar-refractivity contribution in [1.82, 2.24) is 4.90 Å². The Kier molecular flexibility index (Phi) is 4.54. The van der Waals surface area contributed by atoms with Gasteiger partial charge in [-0.25, -0.2) is 8.78 Å². The first kappa shape index (κ1) is 18.6. The number of halogens is 2. The van der Waals surface area contributed by atoms with Gasteiger partial charge in [0.05, 0.1) is 6.61 Å². The second-order valence-corrected chi connectivity index (χ2v) is 8.43. The number of anilines is 1. The van der Waals surface area contributed by atoms with Crippen molar-refractivity contribution in [2.45, 2.75) is 37.3 Å². The standard InChI is InChI=1S/C23H24F2N2O2/c24-17-8-7-16(19(25)11-17)13-27-14-23(18-5-1-2-6-20(18)27)12-21(29-15-23)22(28)26-9-3-4-10-26/h1-2,5-8,11,21H,3-4,9-10,12-15H2/t21-,23-/m0/s1. The van der Waals surface area contributed by atoms with Crippen LogP contribution in [0, 0.1) is 11.6 Å². The number of carbonyl (C=O) groups excluding carboxylic acids is 1. The Bertz CT molecular complexity index is 944. The van der Waals surface area contributed by atoms with Crippen molar-refractivity contribution in [3.8, 4) is 0 Å². The molecule has 152 valence electrons. The fraction of sp³-hybridized carbons (Fsp3) is 0.435. The van der Waals surface area contributed by atoms with E-state index in [-0.39, 0.29) is 11.3 Å². The van der Waals surface area contributed by atoms with Gasteiger partial charge in [-0.2, -0.15) is 0 Å². The number of carbonyl (C=O) groups is 1. The van der Waals surface area contributed by atoms with Crippen molar-refractivity contribution >= 4 is 11.6 Å². The van der Waals surface area contributed by atoms with Crippen LogP contribution in [0.5, 0.6) is 0 Å². The first-order chi connectivity index (χ1) is 14.1. The first-order valence-corrected chi connectivity index (χ1v) is 10.2. The number of fused-ring (bicyclic) bond motifs is 2. The maximum Gasteiger partial charge on any atom is 0.251 e. The van der Waals surface area contributed by atoms with E-state index in [1.807, 2.05) is 23.1 Å². The second-order valence-electron chi connectivity index (χ2n) is 8.43. The zero-order valence-electron chi connectivity index (χ0n) is 16.2. The summed E-state index contributed by atoms with van der Waals surface area (Å²) >= 11 is 0. The van der Waals surface area contributed by atoms with Crippen LogP contribution in [0.3, 0.4) is 0 Å². The lowest BCUT2D eigenvalue weighted by Gasteiger charge is -2.25. The molecule has 5 rings (SSSR count). The van der Waals surface area contributed by atoms with Crippen molar-refractivity contribution in [2.75, 3.05) is 31.1 Å². The molecule has 0 saturated carbocycles. The van der Waals surface area contributed by atoms with Crippen molar-refractivity contribution in [2.24, 2.45) is 0 Å². The van der Waals surface area contributed by atoms with E-state index in [2.05, 4.69) is 11.0 Å². The Morgan fingerprint density at radius 3 is 2.72 bits per heavy atom. The maximum atomic E-state index is 14.2. The van der Waals surface area contributed by atoms with Gasteiger partial charge in [0.1, 0.15) is 17.7 Å². The zero-order valence-corrected chi connectivity index (χ0v) is 16.2. The lowest BCUT2D eigenvalue weighted by atomic mass is 9.80. The molecule has 0 unspecified atom stereocenters. The number of rotatable bonds is 3. The van der Waals surface area contributed by atoms with Gasteiger partial charge >= 0.3 is 0 Å². The second kappa shape index (κ2) is 7.10. The number of benzene rings is 2. The van der Waals surface area contributed by atoms with Gasteiger partial charge in [0.25, 0.3) is 5.91 Å². The molecule has 29 heavy (non-hydrogen) atoms. The summed E-state index contributed by atoms with van der Waals surface area (Å²) in [7, 11) is 0. The number of para-hydroxylation sites is 1. The molecule has 0 radical (unpaired) electrons. The summed E-state index contributed by atoms with van der Waals surface area (Å²) in [5, 5.41) is 0. The highest BCUT2D eigenvalue weighted by Gasteiger charge is 2.51. The van der Waals surface area contributed by atoms with Crippen LogP contribution in [0.2, 0.25) is 0 Å². The maximum absolute atomic E-state index is 14.2. The highest BCUT2D eigenvalue weighted by molar-refractivity contribution is 5.82. The molecule has 6 heteroatoms. The number of likely N-dealkylation sites (tertiary alicyclic amines) is 1. The molecular weight excluding hydrogens is 374 g/mol. The van der Waals surface area contributed by atoms with E-state index in [0.29, 0.717) is 31.7 Å². The third-order valence-corrected chi connectivity index (χ3v) is 6.52. The molecule has 2 atom stereocenters. The van der Waals surface area contributed by atoms with Crippen LogP contribution in [-0.4, -0.2) is 43.2 Å². The van der Waals surface area contributed by atoms with E-state index in [0.717, 1.165) is 43.2 Å². The summed E-state index contributed by atoms with van der Waals surface area (Å²) in [5.74, 6) is -1.01. The predicted molar refractivity (Wildman–Crippen MR) is 106 cm³/mol. The Morgan fingerprint density at radius 2 is 1.93 bits per heavy atom. The van der Waals surface area contributed by atoms with Gasteiger partial charge < -0.3 is 14.5 Å². The molecule has 3 aliphatic heterocycles. The van der Waals surface area contributed by atoms with E-state index in [1.165, 1.54) is 12.1 Å². The lowest BCUT2D eigenvalue weighted by Crippen LogP contribution is -2.38. The minimum atomic E-state index is -0.572. The molecule has 1 spiro atoms. The molecule has 2 saturated heterocycles. The van der Waals surface area contributed by atoms with Crippen molar-refractivity contribution in [3.05, 3.63) is 65.2 Å². The Morgan fingerprint density at radius 1 is 1.14 bits per heavy atom. The number of amides is 1. The fourth-order valence-corrected chi connectivity index (χ4v) is 5.06. The van der Waals surface area contributed by atoms with Gasteiger partial charge in [-0.05, 0) is 37.0 Å². The van der Waals surface area contributed by atoms with Gasteiger partial charge in [0.15, 0.2) is 0 Å². The van der Waals surface area contributed by atoms with Crippen LogP contribution in [0.1, 0.15) is 30.4 Å². The van der Waals surface area contributed by atoms with E-state index >= 15 is 0 Å². The SMILES string of the molecule is O=C([C@@H]1C[C@@]2(CO1)CN(Cc1ccc(F)cc1F)c1ccccc12)N1CCCC1. The molecule has 4 nitrogen and oxygen atoms in total. The quantitative estimate of drug-likeness (QED) is 0.792. The average molecular weight is 398 g/mol. The highest BCUT2D eigenvalue weighted by atomic mass is 19.1. The molecule has 2 aromatic rings. The summed E-state index contributed by atoms with van der Waals surface area (Å²) in [5.41, 5.74) is 2.38. The molecule has 1 amide bonds. The third-order valence-electron chi connectivity index (χ3n) is 6.52. The zero-order chi connectivity index (χ0) is 20.0. The summed E-state index contributed by atoms with van der Waals surface area (Å²) < 4.78 is 33.5. The van der Waals surface area contributed by atoms with Gasteiger partial charge in [-0.1, -0.05) is 24.3 Å². The molecule has 2 fully saturated rings. The van der Waals surface area contributed by atoms with Crippen LogP contribution in [0.15, 0.2) is 42.5 Å². The van der Waals surface area contributed by atoms with Gasteiger partial charge in [0, 0.05) is 48.9 Å². The highest BCUT2D eigenvalue weighted by Crippen LogP contribution is 2.48. The monoisotopic (exact) mass is 398 g/mol. The van der Waals surface area contributed by atoms with Crippen molar-refractivity contribution in [3.63, 3.8) is 0 Å². The summed E-state index contributed by atoms with van der Waals surface area (Å²) in [4.78, 5) is 16.9. The Labute approximate surface area is 169 Å². The fourth-order valence-electron chi connectivity index (χ4n) is 5.06. The van der Waals surface area contributed by atoms with E-state index in [1.54, 1.807) is 0 Å². The molecule has 2 aromatic carbocycles.